The average molecular weight is 364 g/mol. The highest BCUT2D eigenvalue weighted by atomic mass is 32.2. The molecule has 136 valence electrons. The van der Waals surface area contributed by atoms with Gasteiger partial charge >= 0.3 is 0 Å². The Morgan fingerprint density at radius 1 is 1.20 bits per heavy atom. The normalized spacial score (nSPS) is 11.6. The summed E-state index contributed by atoms with van der Waals surface area (Å²) in [5.41, 5.74) is 2.67. The third-order valence-electron chi connectivity index (χ3n) is 4.31. The molecule has 1 aromatic carbocycles. The lowest BCUT2D eigenvalue weighted by Crippen LogP contribution is -2.12. The Kier molecular flexibility index (Phi) is 5.37. The van der Waals surface area contributed by atoms with E-state index < -0.39 is 9.84 Å². The molecule has 2 rings (SSSR count). The highest BCUT2D eigenvalue weighted by Gasteiger charge is 2.25. The number of methoxy groups -OCH3 is 1. The number of benzene rings is 1. The molecule has 0 unspecified atom stereocenters. The summed E-state index contributed by atoms with van der Waals surface area (Å²) in [5, 5.41) is 4.23. The maximum atomic E-state index is 13.0. The number of ether oxygens (including phenoxy) is 1. The van der Waals surface area contributed by atoms with Crippen molar-refractivity contribution in [1.82, 2.24) is 9.78 Å². The van der Waals surface area contributed by atoms with Crippen LogP contribution in [0.2, 0.25) is 0 Å². The standard InChI is InChI=1S/C18H24N2O4S/c1-7-8-20-18(24-5)15(10-19-20)16(21)14-9-11(2)17(25(6,22)23)13(4)12(14)3/h9-10H,7-8H2,1-6H3. The van der Waals surface area contributed by atoms with Gasteiger partial charge in [0.05, 0.1) is 18.2 Å². The van der Waals surface area contributed by atoms with Crippen molar-refractivity contribution in [2.24, 2.45) is 0 Å². The van der Waals surface area contributed by atoms with Gasteiger partial charge in [-0.25, -0.2) is 13.1 Å². The summed E-state index contributed by atoms with van der Waals surface area (Å²) in [6.45, 7) is 7.87. The molecule has 0 amide bonds. The van der Waals surface area contributed by atoms with E-state index in [2.05, 4.69) is 5.10 Å². The van der Waals surface area contributed by atoms with Crippen LogP contribution in [-0.2, 0) is 16.4 Å². The van der Waals surface area contributed by atoms with E-state index in [-0.39, 0.29) is 10.7 Å². The molecule has 0 aliphatic carbocycles. The molecule has 0 atom stereocenters. The topological polar surface area (TPSA) is 78.3 Å². The molecule has 0 aliphatic heterocycles. The van der Waals surface area contributed by atoms with Gasteiger partial charge < -0.3 is 4.74 Å². The Morgan fingerprint density at radius 3 is 2.36 bits per heavy atom. The van der Waals surface area contributed by atoms with Gasteiger partial charge in [-0.2, -0.15) is 5.10 Å². The number of ketones is 1. The lowest BCUT2D eigenvalue weighted by atomic mass is 9.95. The van der Waals surface area contributed by atoms with E-state index in [1.54, 1.807) is 31.5 Å². The largest absolute Gasteiger partial charge is 0.481 e. The fourth-order valence-corrected chi connectivity index (χ4v) is 4.48. The predicted octanol–water partition coefficient (Wildman–Crippen LogP) is 2.86. The SMILES string of the molecule is CCCn1ncc(C(=O)c2cc(C)c(S(C)(=O)=O)c(C)c2C)c1OC. The van der Waals surface area contributed by atoms with Gasteiger partial charge in [-0.1, -0.05) is 6.92 Å². The molecule has 0 bridgehead atoms. The zero-order valence-corrected chi connectivity index (χ0v) is 16.3. The van der Waals surface area contributed by atoms with Gasteiger partial charge in [0.2, 0.25) is 5.88 Å². The van der Waals surface area contributed by atoms with Crippen LogP contribution in [0.3, 0.4) is 0 Å². The number of carbonyl (C=O) groups is 1. The zero-order valence-electron chi connectivity index (χ0n) is 15.5. The number of carbonyl (C=O) groups excluding carboxylic acids is 1. The summed E-state index contributed by atoms with van der Waals surface area (Å²) in [4.78, 5) is 13.3. The van der Waals surface area contributed by atoms with Gasteiger partial charge in [-0.05, 0) is 49.9 Å². The fraction of sp³-hybridized carbons (Fsp3) is 0.444. The second-order valence-electron chi connectivity index (χ2n) is 6.21. The molecular weight excluding hydrogens is 340 g/mol. The van der Waals surface area contributed by atoms with Crippen LogP contribution in [0.5, 0.6) is 5.88 Å². The average Bonchev–Trinajstić information content (AvgIpc) is 2.92. The Labute approximate surface area is 148 Å². The van der Waals surface area contributed by atoms with Crippen molar-refractivity contribution >= 4 is 15.6 Å². The number of aryl methyl sites for hydroxylation is 2. The van der Waals surface area contributed by atoms with Crippen molar-refractivity contribution in [3.63, 3.8) is 0 Å². The highest BCUT2D eigenvalue weighted by molar-refractivity contribution is 7.90. The molecule has 0 aliphatic rings. The minimum atomic E-state index is -3.36. The lowest BCUT2D eigenvalue weighted by Gasteiger charge is -2.15. The smallest absolute Gasteiger partial charge is 0.223 e. The number of aromatic nitrogens is 2. The van der Waals surface area contributed by atoms with Crippen molar-refractivity contribution in [2.75, 3.05) is 13.4 Å². The summed E-state index contributed by atoms with van der Waals surface area (Å²) in [7, 11) is -1.85. The van der Waals surface area contributed by atoms with Gasteiger partial charge in [0, 0.05) is 18.4 Å². The number of sulfone groups is 1. The minimum absolute atomic E-state index is 0.219. The van der Waals surface area contributed by atoms with Crippen LogP contribution in [0.15, 0.2) is 17.2 Å². The Balaban J connectivity index is 2.62. The van der Waals surface area contributed by atoms with E-state index >= 15 is 0 Å². The third kappa shape index (κ3) is 3.46. The molecule has 0 fully saturated rings. The van der Waals surface area contributed by atoms with Crippen LogP contribution >= 0.6 is 0 Å². The molecule has 6 nitrogen and oxygen atoms in total. The second kappa shape index (κ2) is 7.00. The second-order valence-corrected chi connectivity index (χ2v) is 8.16. The van der Waals surface area contributed by atoms with Crippen LogP contribution in [0.4, 0.5) is 0 Å². The first kappa shape index (κ1) is 19.2. The Bertz CT molecular complexity index is 927. The summed E-state index contributed by atoms with van der Waals surface area (Å²) in [6, 6.07) is 1.64. The van der Waals surface area contributed by atoms with Crippen LogP contribution in [-0.4, -0.2) is 37.3 Å². The predicted molar refractivity (Wildman–Crippen MR) is 96.3 cm³/mol. The zero-order chi connectivity index (χ0) is 18.9. The molecule has 0 radical (unpaired) electrons. The maximum Gasteiger partial charge on any atom is 0.223 e. The third-order valence-corrected chi connectivity index (χ3v) is 5.68. The van der Waals surface area contributed by atoms with E-state index in [1.165, 1.54) is 19.6 Å². The van der Waals surface area contributed by atoms with Gasteiger partial charge in [-0.3, -0.25) is 4.79 Å². The lowest BCUT2D eigenvalue weighted by molar-refractivity contribution is 0.103. The van der Waals surface area contributed by atoms with Crippen LogP contribution < -0.4 is 4.74 Å². The number of hydrogen-bond donors (Lipinski definition) is 0. The molecule has 0 saturated heterocycles. The van der Waals surface area contributed by atoms with E-state index in [0.717, 1.165) is 6.42 Å². The van der Waals surface area contributed by atoms with Crippen molar-refractivity contribution in [3.8, 4) is 5.88 Å². The van der Waals surface area contributed by atoms with E-state index in [1.807, 2.05) is 6.92 Å². The highest BCUT2D eigenvalue weighted by Crippen LogP contribution is 2.29. The van der Waals surface area contributed by atoms with Crippen molar-refractivity contribution in [2.45, 2.75) is 45.6 Å². The molecule has 0 N–H and O–H groups in total. The first-order valence-corrected chi connectivity index (χ1v) is 9.97. The molecule has 0 spiro atoms. The van der Waals surface area contributed by atoms with Crippen molar-refractivity contribution in [3.05, 3.63) is 40.1 Å². The molecule has 25 heavy (non-hydrogen) atoms. The van der Waals surface area contributed by atoms with E-state index in [0.29, 0.717) is 40.2 Å². The maximum absolute atomic E-state index is 13.0. The first-order valence-electron chi connectivity index (χ1n) is 8.08. The summed E-state index contributed by atoms with van der Waals surface area (Å²) in [5.74, 6) is 0.205. The minimum Gasteiger partial charge on any atom is -0.481 e. The van der Waals surface area contributed by atoms with Crippen LogP contribution in [0.25, 0.3) is 0 Å². The quantitative estimate of drug-likeness (QED) is 0.737. The Hall–Kier alpha value is -2.15. The molecule has 2 aromatic rings. The van der Waals surface area contributed by atoms with Crippen LogP contribution in [0.1, 0.15) is 46.0 Å². The van der Waals surface area contributed by atoms with Crippen molar-refractivity contribution < 1.29 is 17.9 Å². The molecule has 1 aromatic heterocycles. The molecule has 7 heteroatoms. The van der Waals surface area contributed by atoms with E-state index in [4.69, 9.17) is 4.74 Å². The van der Waals surface area contributed by atoms with Gasteiger partial charge in [0.15, 0.2) is 15.6 Å². The van der Waals surface area contributed by atoms with Gasteiger partial charge in [0.25, 0.3) is 0 Å². The van der Waals surface area contributed by atoms with Gasteiger partial charge in [-0.15, -0.1) is 0 Å². The monoisotopic (exact) mass is 364 g/mol. The fourth-order valence-electron chi connectivity index (χ4n) is 3.13. The molecular formula is C18H24N2O4S. The molecule has 1 heterocycles. The summed E-state index contributed by atoms with van der Waals surface area (Å²) < 4.78 is 31.1. The van der Waals surface area contributed by atoms with Gasteiger partial charge in [0.1, 0.15) is 5.56 Å². The summed E-state index contributed by atoms with van der Waals surface area (Å²) >= 11 is 0. The van der Waals surface area contributed by atoms with E-state index in [9.17, 15) is 13.2 Å². The first-order chi connectivity index (χ1) is 11.6. The number of hydrogen-bond acceptors (Lipinski definition) is 5. The molecule has 0 saturated carbocycles. The number of nitrogens with zero attached hydrogens (tertiary/aromatic N) is 2. The van der Waals surface area contributed by atoms with Crippen molar-refractivity contribution in [1.29, 1.82) is 0 Å². The van der Waals surface area contributed by atoms with Crippen LogP contribution in [0, 0.1) is 20.8 Å². The number of rotatable bonds is 6. The Morgan fingerprint density at radius 2 is 1.84 bits per heavy atom. The summed E-state index contributed by atoms with van der Waals surface area (Å²) in [6.07, 6.45) is 3.55.